The predicted octanol–water partition coefficient (Wildman–Crippen LogP) is 2.42. The predicted molar refractivity (Wildman–Crippen MR) is 68.0 cm³/mol. The highest BCUT2D eigenvalue weighted by molar-refractivity contribution is 9.09. The number of halogens is 2. The van der Waals surface area contributed by atoms with Crippen molar-refractivity contribution in [3.63, 3.8) is 0 Å². The molecule has 0 atom stereocenters. The van der Waals surface area contributed by atoms with Gasteiger partial charge in [0.05, 0.1) is 26.1 Å². The number of rotatable bonds is 9. The molecule has 0 aliphatic heterocycles. The summed E-state index contributed by atoms with van der Waals surface area (Å²) in [7, 11) is 0. The summed E-state index contributed by atoms with van der Waals surface area (Å²) >= 11 is 6.30. The third-order valence-corrected chi connectivity index (χ3v) is 2.46. The number of alkyl halides is 2. The van der Waals surface area contributed by atoms with Gasteiger partial charge in [0.2, 0.25) is 0 Å². The summed E-state index contributed by atoms with van der Waals surface area (Å²) in [6.07, 6.45) is 2.21. The van der Waals surface area contributed by atoms with Crippen LogP contribution in [-0.2, 0) is 19.1 Å². The maximum absolute atomic E-state index is 10.9. The molecule has 0 amide bonds. The van der Waals surface area contributed by atoms with Crippen LogP contribution >= 0.6 is 31.9 Å². The van der Waals surface area contributed by atoms with Gasteiger partial charge in [-0.15, -0.1) is 0 Å². The maximum atomic E-state index is 10.9. The zero-order chi connectivity index (χ0) is 12.2. The van der Waals surface area contributed by atoms with Crippen LogP contribution in [0.4, 0.5) is 0 Å². The van der Waals surface area contributed by atoms with E-state index in [0.29, 0.717) is 36.7 Å². The fraction of sp³-hybridized carbons (Fsp3) is 0.800. The largest absolute Gasteiger partial charge is 0.466 e. The minimum Gasteiger partial charge on any atom is -0.466 e. The molecule has 0 bridgehead atoms. The lowest BCUT2D eigenvalue weighted by Crippen LogP contribution is -2.09. The first-order chi connectivity index (χ1) is 7.70. The van der Waals surface area contributed by atoms with E-state index in [-0.39, 0.29) is 11.9 Å². The van der Waals surface area contributed by atoms with Crippen LogP contribution in [0.1, 0.15) is 25.7 Å². The van der Waals surface area contributed by atoms with E-state index in [1.807, 2.05) is 0 Å². The van der Waals surface area contributed by atoms with E-state index in [0.717, 1.165) is 12.8 Å². The van der Waals surface area contributed by atoms with Crippen LogP contribution in [0.2, 0.25) is 0 Å². The van der Waals surface area contributed by atoms with Gasteiger partial charge in [-0.1, -0.05) is 31.9 Å². The number of ether oxygens (including phenoxy) is 2. The molecule has 0 heterocycles. The van der Waals surface area contributed by atoms with Gasteiger partial charge >= 0.3 is 11.9 Å². The van der Waals surface area contributed by atoms with Gasteiger partial charge in [0.15, 0.2) is 0 Å². The second kappa shape index (κ2) is 11.4. The molecule has 0 spiro atoms. The van der Waals surface area contributed by atoms with Crippen molar-refractivity contribution in [3.05, 3.63) is 0 Å². The first-order valence-electron chi connectivity index (χ1n) is 5.14. The molecule has 0 radical (unpaired) electrons. The van der Waals surface area contributed by atoms with Gasteiger partial charge in [-0.2, -0.15) is 0 Å². The number of carbonyl (C=O) groups is 2. The van der Waals surface area contributed by atoms with Crippen molar-refractivity contribution in [2.75, 3.05) is 23.9 Å². The molecule has 0 fully saturated rings. The fourth-order valence-electron chi connectivity index (χ4n) is 0.875. The SMILES string of the molecule is O=C(CCBr)OCCCCOC(=O)CCBr. The van der Waals surface area contributed by atoms with Crippen LogP contribution in [-0.4, -0.2) is 35.8 Å². The summed E-state index contributed by atoms with van der Waals surface area (Å²) < 4.78 is 9.84. The molecule has 0 aromatic carbocycles. The van der Waals surface area contributed by atoms with Crippen molar-refractivity contribution in [1.82, 2.24) is 0 Å². The van der Waals surface area contributed by atoms with Gasteiger partial charge in [0.1, 0.15) is 0 Å². The van der Waals surface area contributed by atoms with Crippen molar-refractivity contribution in [3.8, 4) is 0 Å². The number of unbranched alkanes of at least 4 members (excludes halogenated alkanes) is 1. The summed E-state index contributed by atoms with van der Waals surface area (Å²) in [5.74, 6) is -0.402. The van der Waals surface area contributed by atoms with Crippen molar-refractivity contribution in [2.24, 2.45) is 0 Å². The Hall–Kier alpha value is -0.100. The molecule has 0 aliphatic rings. The van der Waals surface area contributed by atoms with E-state index in [2.05, 4.69) is 31.9 Å². The Kier molecular flexibility index (Phi) is 11.3. The minimum atomic E-state index is -0.201. The van der Waals surface area contributed by atoms with Crippen LogP contribution in [0, 0.1) is 0 Å². The second-order valence-electron chi connectivity index (χ2n) is 3.03. The van der Waals surface area contributed by atoms with Gasteiger partial charge in [0.25, 0.3) is 0 Å². The summed E-state index contributed by atoms with van der Waals surface area (Å²) in [6, 6.07) is 0. The molecule has 0 unspecified atom stereocenters. The molecule has 0 saturated carbocycles. The molecule has 0 N–H and O–H groups in total. The minimum absolute atomic E-state index is 0.201. The smallest absolute Gasteiger partial charge is 0.306 e. The molecule has 6 heteroatoms. The molecular formula is C10H16Br2O4. The van der Waals surface area contributed by atoms with Gasteiger partial charge in [0, 0.05) is 10.7 Å². The summed E-state index contributed by atoms with van der Waals surface area (Å²) in [6.45, 7) is 0.781. The number of esters is 2. The zero-order valence-corrected chi connectivity index (χ0v) is 12.2. The molecule has 0 saturated heterocycles. The van der Waals surface area contributed by atoms with Crippen molar-refractivity contribution >= 4 is 43.8 Å². The topological polar surface area (TPSA) is 52.6 Å². The van der Waals surface area contributed by atoms with Crippen LogP contribution in [0.5, 0.6) is 0 Å². The molecule has 0 aromatic heterocycles. The van der Waals surface area contributed by atoms with E-state index < -0.39 is 0 Å². The Labute approximate surface area is 112 Å². The quantitative estimate of drug-likeness (QED) is 0.360. The average Bonchev–Trinajstić information content (AvgIpc) is 2.24. The van der Waals surface area contributed by atoms with E-state index >= 15 is 0 Å². The number of hydrogen-bond donors (Lipinski definition) is 0. The van der Waals surface area contributed by atoms with Crippen LogP contribution in [0.3, 0.4) is 0 Å². The molecule has 16 heavy (non-hydrogen) atoms. The summed E-state index contributed by atoms with van der Waals surface area (Å²) in [5.41, 5.74) is 0. The van der Waals surface area contributed by atoms with Crippen molar-refractivity contribution < 1.29 is 19.1 Å². The van der Waals surface area contributed by atoms with E-state index in [1.165, 1.54) is 0 Å². The average molecular weight is 360 g/mol. The van der Waals surface area contributed by atoms with Crippen molar-refractivity contribution in [1.29, 1.82) is 0 Å². The van der Waals surface area contributed by atoms with Gasteiger partial charge in [-0.05, 0) is 12.8 Å². The normalized spacial score (nSPS) is 9.88. The van der Waals surface area contributed by atoms with Gasteiger partial charge in [-0.3, -0.25) is 9.59 Å². The first kappa shape index (κ1) is 15.9. The van der Waals surface area contributed by atoms with Crippen LogP contribution in [0.15, 0.2) is 0 Å². The maximum Gasteiger partial charge on any atom is 0.306 e. The van der Waals surface area contributed by atoms with Crippen molar-refractivity contribution in [2.45, 2.75) is 25.7 Å². The Morgan fingerprint density at radius 3 is 1.50 bits per heavy atom. The number of hydrogen-bond acceptors (Lipinski definition) is 4. The van der Waals surface area contributed by atoms with Crippen LogP contribution in [0.25, 0.3) is 0 Å². The van der Waals surface area contributed by atoms with E-state index in [4.69, 9.17) is 9.47 Å². The molecule has 0 rings (SSSR count). The summed E-state index contributed by atoms with van der Waals surface area (Å²) in [4.78, 5) is 21.9. The van der Waals surface area contributed by atoms with Gasteiger partial charge in [-0.25, -0.2) is 0 Å². The third-order valence-electron chi connectivity index (χ3n) is 1.66. The molecule has 94 valence electrons. The lowest BCUT2D eigenvalue weighted by Gasteiger charge is -2.04. The lowest BCUT2D eigenvalue weighted by atomic mass is 10.3. The summed E-state index contributed by atoms with van der Waals surface area (Å²) in [5, 5.41) is 1.24. The highest BCUT2D eigenvalue weighted by Gasteiger charge is 2.02. The zero-order valence-electron chi connectivity index (χ0n) is 9.05. The Morgan fingerprint density at radius 1 is 0.812 bits per heavy atom. The van der Waals surface area contributed by atoms with E-state index in [9.17, 15) is 9.59 Å². The second-order valence-corrected chi connectivity index (χ2v) is 4.61. The molecule has 0 aliphatic carbocycles. The standard InChI is InChI=1S/C10H16Br2O4/c11-5-3-9(13)15-7-1-2-8-16-10(14)4-6-12/h1-8H2. The Morgan fingerprint density at radius 2 is 1.19 bits per heavy atom. The molecule has 4 nitrogen and oxygen atoms in total. The molecule has 0 aromatic rings. The number of carbonyl (C=O) groups excluding carboxylic acids is 2. The fourth-order valence-corrected chi connectivity index (χ4v) is 1.52. The first-order valence-corrected chi connectivity index (χ1v) is 7.38. The highest BCUT2D eigenvalue weighted by Crippen LogP contribution is 1.97. The third kappa shape index (κ3) is 10.4. The Bertz CT molecular complexity index is 187. The monoisotopic (exact) mass is 358 g/mol. The van der Waals surface area contributed by atoms with Gasteiger partial charge < -0.3 is 9.47 Å². The lowest BCUT2D eigenvalue weighted by molar-refractivity contribution is -0.145. The van der Waals surface area contributed by atoms with Crippen LogP contribution < -0.4 is 0 Å². The molecular weight excluding hydrogens is 344 g/mol. The Balaban J connectivity index is 3.21. The highest BCUT2D eigenvalue weighted by atomic mass is 79.9. The van der Waals surface area contributed by atoms with E-state index in [1.54, 1.807) is 0 Å².